The maximum atomic E-state index is 13.0. The molecule has 6 nitrogen and oxygen atoms in total. The van der Waals surface area contributed by atoms with E-state index in [1.807, 2.05) is 30.3 Å². The standard InChI is InChI=1S/C21H22N4O2S/c26-17(13-16-7-4-8-16)14-28-21-24-19-18(22-10-11-23-19)20(27)25(21)12-9-15-5-2-1-3-6-15/h1-3,5-6,10-11,16H,4,7-9,12-14H2. The van der Waals surface area contributed by atoms with Crippen LogP contribution in [0.1, 0.15) is 31.2 Å². The normalized spacial score (nSPS) is 14.1. The number of Topliss-reactive ketones (excluding diaryl/α,β-unsaturated/α-hetero) is 1. The summed E-state index contributed by atoms with van der Waals surface area (Å²) in [5.41, 5.74) is 1.53. The highest BCUT2D eigenvalue weighted by Crippen LogP contribution is 2.30. The van der Waals surface area contributed by atoms with Gasteiger partial charge in [0.15, 0.2) is 16.3 Å². The Morgan fingerprint density at radius 3 is 2.68 bits per heavy atom. The van der Waals surface area contributed by atoms with Crippen LogP contribution in [0.25, 0.3) is 11.2 Å². The smallest absolute Gasteiger partial charge is 0.282 e. The molecule has 1 saturated carbocycles. The van der Waals surface area contributed by atoms with Crippen LogP contribution in [0, 0.1) is 5.92 Å². The van der Waals surface area contributed by atoms with Gasteiger partial charge in [-0.3, -0.25) is 14.2 Å². The third kappa shape index (κ3) is 4.30. The highest BCUT2D eigenvalue weighted by molar-refractivity contribution is 7.99. The summed E-state index contributed by atoms with van der Waals surface area (Å²) in [4.78, 5) is 38.1. The molecule has 0 atom stereocenters. The molecule has 144 valence electrons. The van der Waals surface area contributed by atoms with Crippen molar-refractivity contribution < 1.29 is 4.79 Å². The Morgan fingerprint density at radius 1 is 1.14 bits per heavy atom. The Bertz CT molecular complexity index is 1030. The minimum absolute atomic E-state index is 0.206. The minimum Gasteiger partial charge on any atom is -0.299 e. The molecule has 1 fully saturated rings. The van der Waals surface area contributed by atoms with Crippen LogP contribution in [0.5, 0.6) is 0 Å². The summed E-state index contributed by atoms with van der Waals surface area (Å²) in [6.07, 6.45) is 7.91. The number of benzene rings is 1. The van der Waals surface area contributed by atoms with Crippen LogP contribution in [0.3, 0.4) is 0 Å². The van der Waals surface area contributed by atoms with Crippen molar-refractivity contribution in [1.29, 1.82) is 0 Å². The van der Waals surface area contributed by atoms with Crippen molar-refractivity contribution >= 4 is 28.7 Å². The number of aryl methyl sites for hydroxylation is 1. The molecule has 1 aromatic carbocycles. The van der Waals surface area contributed by atoms with Crippen molar-refractivity contribution in [2.45, 2.75) is 43.8 Å². The van der Waals surface area contributed by atoms with E-state index in [1.165, 1.54) is 30.6 Å². The number of rotatable bonds is 8. The van der Waals surface area contributed by atoms with Crippen LogP contribution >= 0.6 is 11.8 Å². The lowest BCUT2D eigenvalue weighted by molar-refractivity contribution is -0.118. The minimum atomic E-state index is -0.206. The second kappa shape index (κ2) is 8.65. The molecule has 2 heterocycles. The summed E-state index contributed by atoms with van der Waals surface area (Å²) >= 11 is 1.33. The summed E-state index contributed by atoms with van der Waals surface area (Å²) in [7, 11) is 0. The van der Waals surface area contributed by atoms with Gasteiger partial charge in [0.05, 0.1) is 5.75 Å². The molecule has 7 heteroatoms. The quantitative estimate of drug-likeness (QED) is 0.431. The third-order valence-electron chi connectivity index (χ3n) is 5.13. The zero-order valence-corrected chi connectivity index (χ0v) is 16.4. The van der Waals surface area contributed by atoms with Crippen LogP contribution in [-0.2, 0) is 17.8 Å². The molecule has 0 unspecified atom stereocenters. The summed E-state index contributed by atoms with van der Waals surface area (Å²) < 4.78 is 1.63. The number of carbonyl (C=O) groups is 1. The molecule has 0 amide bonds. The van der Waals surface area contributed by atoms with Crippen LogP contribution in [-0.4, -0.2) is 31.1 Å². The number of carbonyl (C=O) groups excluding carboxylic acids is 1. The second-order valence-electron chi connectivity index (χ2n) is 7.14. The summed E-state index contributed by atoms with van der Waals surface area (Å²) in [6, 6.07) is 10.0. The number of hydrogen-bond acceptors (Lipinski definition) is 6. The molecular formula is C21H22N4O2S. The molecule has 1 aliphatic carbocycles. The first-order chi connectivity index (χ1) is 13.7. The first kappa shape index (κ1) is 18.8. The van der Waals surface area contributed by atoms with E-state index in [9.17, 15) is 9.59 Å². The molecule has 1 aliphatic rings. The fraction of sp³-hybridized carbons (Fsp3) is 0.381. The average molecular weight is 395 g/mol. The van der Waals surface area contributed by atoms with E-state index in [1.54, 1.807) is 4.57 Å². The monoisotopic (exact) mass is 394 g/mol. The lowest BCUT2D eigenvalue weighted by Gasteiger charge is -2.24. The maximum absolute atomic E-state index is 13.0. The summed E-state index contributed by atoms with van der Waals surface area (Å²) in [6.45, 7) is 0.488. The Labute approximate surface area is 167 Å². The second-order valence-corrected chi connectivity index (χ2v) is 8.09. The van der Waals surface area contributed by atoms with Gasteiger partial charge in [-0.25, -0.2) is 15.0 Å². The first-order valence-corrected chi connectivity index (χ1v) is 10.6. The van der Waals surface area contributed by atoms with E-state index in [-0.39, 0.29) is 16.9 Å². The van der Waals surface area contributed by atoms with Crippen molar-refractivity contribution in [2.24, 2.45) is 5.92 Å². The van der Waals surface area contributed by atoms with Crippen LogP contribution in [0.2, 0.25) is 0 Å². The summed E-state index contributed by atoms with van der Waals surface area (Å²) in [5, 5.41) is 0.538. The number of aromatic nitrogens is 4. The molecule has 0 N–H and O–H groups in total. The van der Waals surface area contributed by atoms with E-state index in [2.05, 4.69) is 15.0 Å². The summed E-state index contributed by atoms with van der Waals surface area (Å²) in [5.74, 6) is 1.10. The molecule has 0 saturated heterocycles. The predicted molar refractivity (Wildman–Crippen MR) is 109 cm³/mol. The number of hydrogen-bond donors (Lipinski definition) is 0. The van der Waals surface area contributed by atoms with Gasteiger partial charge in [-0.1, -0.05) is 61.4 Å². The van der Waals surface area contributed by atoms with Gasteiger partial charge in [0.25, 0.3) is 5.56 Å². The zero-order valence-electron chi connectivity index (χ0n) is 15.6. The van der Waals surface area contributed by atoms with Gasteiger partial charge in [0.1, 0.15) is 5.78 Å². The predicted octanol–water partition coefficient (Wildman–Crippen LogP) is 3.28. The Balaban J connectivity index is 1.57. The van der Waals surface area contributed by atoms with Crippen molar-refractivity contribution in [3.63, 3.8) is 0 Å². The van der Waals surface area contributed by atoms with Gasteiger partial charge in [0, 0.05) is 25.4 Å². The number of fused-ring (bicyclic) bond motifs is 1. The topological polar surface area (TPSA) is 77.7 Å². The van der Waals surface area contributed by atoms with Crippen LogP contribution in [0.4, 0.5) is 0 Å². The van der Waals surface area contributed by atoms with E-state index < -0.39 is 0 Å². The highest BCUT2D eigenvalue weighted by Gasteiger charge is 2.21. The van der Waals surface area contributed by atoms with Crippen molar-refractivity contribution in [3.8, 4) is 0 Å². The highest BCUT2D eigenvalue weighted by atomic mass is 32.2. The molecule has 2 aromatic heterocycles. The Morgan fingerprint density at radius 2 is 1.93 bits per heavy atom. The van der Waals surface area contributed by atoms with Crippen LogP contribution < -0.4 is 5.56 Å². The van der Waals surface area contributed by atoms with Crippen molar-refractivity contribution in [2.75, 3.05) is 5.75 Å². The van der Waals surface area contributed by atoms with Gasteiger partial charge in [-0.05, 0) is 17.9 Å². The molecular weight excluding hydrogens is 372 g/mol. The van der Waals surface area contributed by atoms with Gasteiger partial charge < -0.3 is 0 Å². The molecule has 28 heavy (non-hydrogen) atoms. The number of thioether (sulfide) groups is 1. The maximum Gasteiger partial charge on any atom is 0.282 e. The largest absolute Gasteiger partial charge is 0.299 e. The average Bonchev–Trinajstić information content (AvgIpc) is 2.69. The lowest BCUT2D eigenvalue weighted by Crippen LogP contribution is -2.26. The Hall–Kier alpha value is -2.54. The molecule has 0 radical (unpaired) electrons. The van der Waals surface area contributed by atoms with Crippen molar-refractivity contribution in [3.05, 3.63) is 58.6 Å². The number of ketones is 1. The molecule has 3 aromatic rings. The fourth-order valence-corrected chi connectivity index (χ4v) is 4.23. The van der Waals surface area contributed by atoms with E-state index in [0.717, 1.165) is 18.4 Å². The third-order valence-corrected chi connectivity index (χ3v) is 6.17. The van der Waals surface area contributed by atoms with E-state index >= 15 is 0 Å². The fourth-order valence-electron chi connectivity index (χ4n) is 3.34. The van der Waals surface area contributed by atoms with Crippen molar-refractivity contribution in [1.82, 2.24) is 19.5 Å². The first-order valence-electron chi connectivity index (χ1n) is 9.60. The van der Waals surface area contributed by atoms with Gasteiger partial charge in [-0.2, -0.15) is 0 Å². The molecule has 0 aliphatic heterocycles. The molecule has 4 rings (SSSR count). The molecule has 0 bridgehead atoms. The van der Waals surface area contributed by atoms with Gasteiger partial charge in [0.2, 0.25) is 0 Å². The SMILES string of the molecule is O=C(CSc1nc2nccnc2c(=O)n1CCc1ccccc1)CC1CCC1. The zero-order chi connectivity index (χ0) is 19.3. The van der Waals surface area contributed by atoms with E-state index in [0.29, 0.717) is 41.9 Å². The van der Waals surface area contributed by atoms with Crippen LogP contribution in [0.15, 0.2) is 52.7 Å². The number of nitrogens with zero attached hydrogens (tertiary/aromatic N) is 4. The van der Waals surface area contributed by atoms with E-state index in [4.69, 9.17) is 0 Å². The lowest BCUT2D eigenvalue weighted by atomic mass is 9.82. The Kier molecular flexibility index (Phi) is 5.81. The molecule has 0 spiro atoms. The van der Waals surface area contributed by atoms with Gasteiger partial charge in [-0.15, -0.1) is 0 Å². The van der Waals surface area contributed by atoms with Gasteiger partial charge >= 0.3 is 0 Å².